The highest BCUT2D eigenvalue weighted by molar-refractivity contribution is 7.87. The largest absolute Gasteiger partial charge is 0.378 e. The van der Waals surface area contributed by atoms with Crippen molar-refractivity contribution in [2.45, 2.75) is 30.6 Å². The fourth-order valence-corrected chi connectivity index (χ4v) is 3.21. The molecule has 2 rings (SSSR count). The Morgan fingerprint density at radius 3 is 2.75 bits per heavy atom. The number of ether oxygens (including phenoxy) is 1. The second kappa shape index (κ2) is 2.67. The molecule has 0 aromatic rings. The van der Waals surface area contributed by atoms with Crippen molar-refractivity contribution >= 4 is 10.2 Å². The van der Waals surface area contributed by atoms with E-state index in [0.29, 0.717) is 13.0 Å². The van der Waals surface area contributed by atoms with Crippen LogP contribution in [0.15, 0.2) is 0 Å². The summed E-state index contributed by atoms with van der Waals surface area (Å²) in [5.41, 5.74) is 0. The molecule has 0 radical (unpaired) electrons. The van der Waals surface area contributed by atoms with E-state index in [2.05, 4.69) is 0 Å². The van der Waals surface area contributed by atoms with Gasteiger partial charge in [-0.1, -0.05) is 0 Å². The predicted octanol–water partition coefficient (Wildman–Crippen LogP) is 0.853. The highest BCUT2D eigenvalue weighted by atomic mass is 32.3. The minimum atomic E-state index is -4.32. The Labute approximate surface area is 71.1 Å². The van der Waals surface area contributed by atoms with Crippen molar-refractivity contribution in [3.05, 3.63) is 0 Å². The van der Waals surface area contributed by atoms with E-state index in [1.807, 2.05) is 0 Å². The van der Waals surface area contributed by atoms with Gasteiger partial charge in [-0.3, -0.25) is 0 Å². The van der Waals surface area contributed by atoms with Crippen molar-refractivity contribution in [3.8, 4) is 0 Å². The summed E-state index contributed by atoms with van der Waals surface area (Å²) in [5, 5.41) is -0.775. The molecule has 2 aliphatic rings. The highest BCUT2D eigenvalue weighted by Crippen LogP contribution is 2.42. The predicted molar refractivity (Wildman–Crippen MR) is 40.9 cm³/mol. The molecule has 3 atom stereocenters. The number of hydrogen-bond donors (Lipinski definition) is 0. The monoisotopic (exact) mass is 194 g/mol. The molecule has 0 N–H and O–H groups in total. The van der Waals surface area contributed by atoms with E-state index in [0.717, 1.165) is 12.8 Å². The molecule has 1 heterocycles. The summed E-state index contributed by atoms with van der Waals surface area (Å²) in [5.74, 6) is -0.0752. The van der Waals surface area contributed by atoms with Crippen LogP contribution in [0.5, 0.6) is 0 Å². The lowest BCUT2D eigenvalue weighted by molar-refractivity contribution is -0.0797. The van der Waals surface area contributed by atoms with Gasteiger partial charge in [0.2, 0.25) is 0 Å². The second-order valence-electron chi connectivity index (χ2n) is 3.47. The van der Waals surface area contributed by atoms with Crippen LogP contribution in [0, 0.1) is 5.92 Å². The van der Waals surface area contributed by atoms with Gasteiger partial charge >= 0.3 is 10.2 Å². The fourth-order valence-electron chi connectivity index (χ4n) is 2.06. The third-order valence-electron chi connectivity index (χ3n) is 2.80. The van der Waals surface area contributed by atoms with E-state index < -0.39 is 15.5 Å². The van der Waals surface area contributed by atoms with Crippen molar-refractivity contribution in [1.29, 1.82) is 0 Å². The fraction of sp³-hybridized carbons (Fsp3) is 1.00. The van der Waals surface area contributed by atoms with Crippen LogP contribution in [0.3, 0.4) is 0 Å². The average molecular weight is 194 g/mol. The van der Waals surface area contributed by atoms with Crippen molar-refractivity contribution in [2.24, 2.45) is 5.92 Å². The standard InChI is InChI=1S/C7H11FO3S/c8-12(9,10)7-4-6-5(7)2-1-3-11-6/h5-7H,1-4H2. The molecule has 1 aliphatic heterocycles. The molecular formula is C7H11FO3S. The minimum absolute atomic E-state index is 0.00859. The Kier molecular flexibility index (Phi) is 1.88. The first-order valence-electron chi connectivity index (χ1n) is 4.14. The molecule has 12 heavy (non-hydrogen) atoms. The van der Waals surface area contributed by atoms with E-state index in [9.17, 15) is 12.3 Å². The molecule has 1 saturated heterocycles. The zero-order valence-corrected chi connectivity index (χ0v) is 7.39. The van der Waals surface area contributed by atoms with Gasteiger partial charge in [-0.15, -0.1) is 3.89 Å². The van der Waals surface area contributed by atoms with Crippen LogP contribution >= 0.6 is 0 Å². The van der Waals surface area contributed by atoms with Gasteiger partial charge < -0.3 is 4.74 Å². The lowest BCUT2D eigenvalue weighted by atomic mass is 9.77. The highest BCUT2D eigenvalue weighted by Gasteiger charge is 2.50. The van der Waals surface area contributed by atoms with E-state index >= 15 is 0 Å². The van der Waals surface area contributed by atoms with Crippen molar-refractivity contribution in [1.82, 2.24) is 0 Å². The molecule has 1 saturated carbocycles. The maximum Gasteiger partial charge on any atom is 0.305 e. The van der Waals surface area contributed by atoms with E-state index in [1.54, 1.807) is 0 Å². The van der Waals surface area contributed by atoms with Crippen LogP contribution in [-0.2, 0) is 15.0 Å². The lowest BCUT2D eigenvalue weighted by Gasteiger charge is -2.44. The average Bonchev–Trinajstić information content (AvgIpc) is 1.88. The summed E-state index contributed by atoms with van der Waals surface area (Å²) in [4.78, 5) is 0. The first kappa shape index (κ1) is 8.44. The smallest absolute Gasteiger partial charge is 0.305 e. The van der Waals surface area contributed by atoms with Gasteiger partial charge in [0.05, 0.1) is 11.4 Å². The number of rotatable bonds is 1. The molecule has 5 heteroatoms. The molecule has 0 spiro atoms. The SMILES string of the molecule is O=S(=O)(F)C1CC2OCCCC21. The van der Waals surface area contributed by atoms with Crippen LogP contribution in [0.4, 0.5) is 3.89 Å². The van der Waals surface area contributed by atoms with Crippen LogP contribution in [0.1, 0.15) is 19.3 Å². The molecular weight excluding hydrogens is 183 g/mol. The summed E-state index contributed by atoms with van der Waals surface area (Å²) >= 11 is 0. The lowest BCUT2D eigenvalue weighted by Crippen LogP contribution is -2.52. The van der Waals surface area contributed by atoms with Gasteiger partial charge in [0.15, 0.2) is 0 Å². The normalized spacial score (nSPS) is 41.6. The molecule has 3 nitrogen and oxygen atoms in total. The Hall–Kier alpha value is -0.160. The third kappa shape index (κ3) is 1.25. The first-order chi connectivity index (χ1) is 5.59. The topological polar surface area (TPSA) is 43.4 Å². The zero-order valence-electron chi connectivity index (χ0n) is 6.57. The Balaban J connectivity index is 2.06. The number of halogens is 1. The Morgan fingerprint density at radius 2 is 2.17 bits per heavy atom. The molecule has 70 valence electrons. The second-order valence-corrected chi connectivity index (χ2v) is 5.02. The van der Waals surface area contributed by atoms with Crippen LogP contribution < -0.4 is 0 Å². The molecule has 3 unspecified atom stereocenters. The van der Waals surface area contributed by atoms with Crippen molar-refractivity contribution in [3.63, 3.8) is 0 Å². The summed E-state index contributed by atoms with van der Waals surface area (Å²) in [6, 6.07) is 0. The molecule has 2 fully saturated rings. The number of fused-ring (bicyclic) bond motifs is 1. The maximum atomic E-state index is 12.5. The quantitative estimate of drug-likeness (QED) is 0.581. The van der Waals surface area contributed by atoms with Crippen LogP contribution in [-0.4, -0.2) is 26.4 Å². The van der Waals surface area contributed by atoms with Gasteiger partial charge in [0.25, 0.3) is 0 Å². The van der Waals surface area contributed by atoms with Gasteiger partial charge in [0.1, 0.15) is 0 Å². The summed E-state index contributed by atoms with van der Waals surface area (Å²) in [6.07, 6.45) is 2.00. The first-order valence-corrected chi connectivity index (χ1v) is 5.59. The van der Waals surface area contributed by atoms with Gasteiger partial charge in [-0.05, 0) is 19.3 Å². The van der Waals surface area contributed by atoms with E-state index in [1.165, 1.54) is 0 Å². The van der Waals surface area contributed by atoms with Gasteiger partial charge in [-0.25, -0.2) is 0 Å². The van der Waals surface area contributed by atoms with Crippen LogP contribution in [0.2, 0.25) is 0 Å². The third-order valence-corrected chi connectivity index (χ3v) is 4.06. The summed E-state index contributed by atoms with van der Waals surface area (Å²) < 4.78 is 38.9. The number of hydrogen-bond acceptors (Lipinski definition) is 3. The zero-order chi connectivity index (χ0) is 8.77. The van der Waals surface area contributed by atoms with Gasteiger partial charge in [0, 0.05) is 12.5 Å². The van der Waals surface area contributed by atoms with E-state index in [4.69, 9.17) is 4.74 Å². The summed E-state index contributed by atoms with van der Waals surface area (Å²) in [6.45, 7) is 0.695. The maximum absolute atomic E-state index is 12.5. The van der Waals surface area contributed by atoms with Crippen molar-refractivity contribution < 1.29 is 17.0 Å². The van der Waals surface area contributed by atoms with Crippen LogP contribution in [0.25, 0.3) is 0 Å². The Bertz CT molecular complexity index is 274. The minimum Gasteiger partial charge on any atom is -0.378 e. The Morgan fingerprint density at radius 1 is 1.42 bits per heavy atom. The van der Waals surface area contributed by atoms with Gasteiger partial charge in [-0.2, -0.15) is 8.42 Å². The summed E-state index contributed by atoms with van der Waals surface area (Å²) in [7, 11) is -4.32. The van der Waals surface area contributed by atoms with E-state index in [-0.39, 0.29) is 12.0 Å². The molecule has 0 amide bonds. The molecule has 1 aliphatic carbocycles. The molecule has 0 aromatic heterocycles. The molecule has 0 aromatic carbocycles. The molecule has 0 bridgehead atoms. The van der Waals surface area contributed by atoms with Crippen molar-refractivity contribution in [2.75, 3.05) is 6.61 Å².